The van der Waals surface area contributed by atoms with Crippen LogP contribution >= 0.6 is 11.3 Å². The van der Waals surface area contributed by atoms with Crippen molar-refractivity contribution in [3.05, 3.63) is 71.1 Å². The van der Waals surface area contributed by atoms with Gasteiger partial charge in [0.15, 0.2) is 11.2 Å². The van der Waals surface area contributed by atoms with Gasteiger partial charge in [0.25, 0.3) is 5.91 Å². The molecule has 3 aromatic rings. The van der Waals surface area contributed by atoms with Gasteiger partial charge in [-0.3, -0.25) is 14.9 Å². The van der Waals surface area contributed by atoms with Crippen molar-refractivity contribution in [2.75, 3.05) is 5.32 Å². The third kappa shape index (κ3) is 5.33. The highest BCUT2D eigenvalue weighted by atomic mass is 32.1. The molecular weight excluding hydrogens is 396 g/mol. The van der Waals surface area contributed by atoms with E-state index < -0.39 is 18.0 Å². The Labute approximate surface area is 181 Å². The molecule has 0 aliphatic rings. The van der Waals surface area contributed by atoms with E-state index in [1.54, 1.807) is 6.92 Å². The van der Waals surface area contributed by atoms with Crippen molar-refractivity contribution in [2.45, 2.75) is 45.6 Å². The summed E-state index contributed by atoms with van der Waals surface area (Å²) in [6.45, 7) is 5.61. The molecule has 0 spiro atoms. The number of rotatable bonds is 8. The number of anilines is 1. The molecule has 0 radical (unpaired) electrons. The molecule has 0 bridgehead atoms. The molecule has 2 aromatic carbocycles. The predicted octanol–water partition coefficient (Wildman–Crippen LogP) is 5.44. The number of benzene rings is 2. The van der Waals surface area contributed by atoms with E-state index >= 15 is 0 Å². The standard InChI is InChI=1S/C24H26N2O3S/c1-4-17-11-13-19(14-12-17)21-15-30-24(25-21)26-22(27)16(3)29-23(28)20(5-2)18-9-7-6-8-10-18/h6-16,20H,4-5H2,1-3H3,(H,25,26,27)/t16-,20-/m1/s1. The minimum Gasteiger partial charge on any atom is -0.452 e. The van der Waals surface area contributed by atoms with Gasteiger partial charge in [-0.15, -0.1) is 11.3 Å². The number of carbonyl (C=O) groups excluding carboxylic acids is 2. The van der Waals surface area contributed by atoms with Gasteiger partial charge in [0, 0.05) is 10.9 Å². The van der Waals surface area contributed by atoms with Crippen LogP contribution < -0.4 is 5.32 Å². The van der Waals surface area contributed by atoms with Gasteiger partial charge >= 0.3 is 5.97 Å². The van der Waals surface area contributed by atoms with Crippen LogP contribution in [0.4, 0.5) is 5.13 Å². The quantitative estimate of drug-likeness (QED) is 0.491. The second-order valence-electron chi connectivity index (χ2n) is 7.03. The van der Waals surface area contributed by atoms with E-state index in [4.69, 9.17) is 4.74 Å². The fourth-order valence-corrected chi connectivity index (χ4v) is 3.84. The number of thiazole rings is 1. The normalized spacial score (nSPS) is 12.8. The average molecular weight is 423 g/mol. The van der Waals surface area contributed by atoms with Crippen molar-refractivity contribution in [3.63, 3.8) is 0 Å². The summed E-state index contributed by atoms with van der Waals surface area (Å²) in [7, 11) is 0. The Morgan fingerprint density at radius 2 is 1.77 bits per heavy atom. The zero-order valence-electron chi connectivity index (χ0n) is 17.4. The lowest BCUT2D eigenvalue weighted by molar-refractivity contribution is -0.154. The van der Waals surface area contributed by atoms with Crippen LogP contribution in [0, 0.1) is 0 Å². The summed E-state index contributed by atoms with van der Waals surface area (Å²) >= 11 is 1.34. The molecule has 0 fully saturated rings. The van der Waals surface area contributed by atoms with Crippen molar-refractivity contribution in [1.29, 1.82) is 0 Å². The van der Waals surface area contributed by atoms with Gasteiger partial charge in [-0.2, -0.15) is 0 Å². The summed E-state index contributed by atoms with van der Waals surface area (Å²) in [6, 6.07) is 17.7. The van der Waals surface area contributed by atoms with Crippen molar-refractivity contribution >= 4 is 28.3 Å². The minimum atomic E-state index is -0.911. The smallest absolute Gasteiger partial charge is 0.314 e. The third-order valence-corrected chi connectivity index (χ3v) is 5.71. The summed E-state index contributed by atoms with van der Waals surface area (Å²) in [5.74, 6) is -1.19. The van der Waals surface area contributed by atoms with Gasteiger partial charge < -0.3 is 4.74 Å². The van der Waals surface area contributed by atoms with Gasteiger partial charge in [0.1, 0.15) is 0 Å². The Morgan fingerprint density at radius 1 is 1.07 bits per heavy atom. The number of amides is 1. The first kappa shape index (κ1) is 21.7. The number of aryl methyl sites for hydroxylation is 1. The Balaban J connectivity index is 1.60. The second-order valence-corrected chi connectivity index (χ2v) is 7.89. The van der Waals surface area contributed by atoms with Crippen LogP contribution in [0.15, 0.2) is 60.0 Å². The second kappa shape index (κ2) is 10.2. The molecule has 1 aromatic heterocycles. The van der Waals surface area contributed by atoms with Crippen molar-refractivity contribution in [2.24, 2.45) is 0 Å². The van der Waals surface area contributed by atoms with E-state index in [2.05, 4.69) is 29.4 Å². The molecule has 3 rings (SSSR count). The van der Waals surface area contributed by atoms with E-state index in [0.717, 1.165) is 23.2 Å². The number of hydrogen-bond acceptors (Lipinski definition) is 5. The van der Waals surface area contributed by atoms with Crippen molar-refractivity contribution in [1.82, 2.24) is 4.98 Å². The molecule has 0 aliphatic heterocycles. The van der Waals surface area contributed by atoms with Crippen LogP contribution in [0.3, 0.4) is 0 Å². The summed E-state index contributed by atoms with van der Waals surface area (Å²) in [5, 5.41) is 5.13. The average Bonchev–Trinajstić information content (AvgIpc) is 3.23. The van der Waals surface area contributed by atoms with Crippen LogP contribution in [0.2, 0.25) is 0 Å². The molecule has 1 heterocycles. The first-order chi connectivity index (χ1) is 14.5. The summed E-state index contributed by atoms with van der Waals surface area (Å²) in [6.07, 6.45) is 0.675. The number of hydrogen-bond donors (Lipinski definition) is 1. The zero-order chi connectivity index (χ0) is 21.5. The lowest BCUT2D eigenvalue weighted by Crippen LogP contribution is -2.31. The maximum absolute atomic E-state index is 12.6. The molecule has 2 atom stereocenters. The van der Waals surface area contributed by atoms with Crippen LogP contribution in [0.5, 0.6) is 0 Å². The van der Waals surface area contributed by atoms with Crippen LogP contribution in [0.1, 0.15) is 44.2 Å². The molecule has 5 nitrogen and oxygen atoms in total. The first-order valence-electron chi connectivity index (χ1n) is 10.1. The molecule has 6 heteroatoms. The van der Waals surface area contributed by atoms with Gasteiger partial charge in [0.05, 0.1) is 11.6 Å². The lowest BCUT2D eigenvalue weighted by atomic mass is 9.97. The summed E-state index contributed by atoms with van der Waals surface area (Å²) in [5.41, 5.74) is 3.95. The van der Waals surface area contributed by atoms with E-state index in [1.165, 1.54) is 16.9 Å². The highest BCUT2D eigenvalue weighted by molar-refractivity contribution is 7.14. The Bertz CT molecular complexity index is 983. The number of ether oxygens (including phenoxy) is 1. The molecule has 30 heavy (non-hydrogen) atoms. The number of nitrogens with one attached hydrogen (secondary N) is 1. The van der Waals surface area contributed by atoms with Crippen LogP contribution in [0.25, 0.3) is 11.3 Å². The minimum absolute atomic E-state index is 0.390. The number of esters is 1. The lowest BCUT2D eigenvalue weighted by Gasteiger charge is -2.18. The molecule has 1 amide bonds. The topological polar surface area (TPSA) is 68.3 Å². The van der Waals surface area contributed by atoms with Crippen molar-refractivity contribution < 1.29 is 14.3 Å². The highest BCUT2D eigenvalue weighted by Gasteiger charge is 2.25. The Kier molecular flexibility index (Phi) is 7.36. The monoisotopic (exact) mass is 422 g/mol. The molecule has 0 unspecified atom stereocenters. The number of carbonyl (C=O) groups is 2. The Morgan fingerprint density at radius 3 is 2.40 bits per heavy atom. The van der Waals surface area contributed by atoms with Crippen molar-refractivity contribution in [3.8, 4) is 11.3 Å². The number of aromatic nitrogens is 1. The molecule has 0 saturated heterocycles. The van der Waals surface area contributed by atoms with E-state index in [0.29, 0.717) is 11.6 Å². The fourth-order valence-electron chi connectivity index (χ4n) is 3.12. The maximum atomic E-state index is 12.6. The van der Waals surface area contributed by atoms with Crippen LogP contribution in [-0.2, 0) is 20.7 Å². The van der Waals surface area contributed by atoms with Gasteiger partial charge in [0.2, 0.25) is 0 Å². The van der Waals surface area contributed by atoms with Crippen LogP contribution in [-0.4, -0.2) is 23.0 Å². The molecule has 1 N–H and O–H groups in total. The SMILES string of the molecule is CCc1ccc(-c2csc(NC(=O)[C@@H](C)OC(=O)[C@H](CC)c3ccccc3)n2)cc1. The highest BCUT2D eigenvalue weighted by Crippen LogP contribution is 2.26. The van der Waals surface area contributed by atoms with E-state index in [9.17, 15) is 9.59 Å². The molecular formula is C24H26N2O3S. The van der Waals surface area contributed by atoms with Gasteiger partial charge in [-0.25, -0.2) is 4.98 Å². The van der Waals surface area contributed by atoms with E-state index in [-0.39, 0.29) is 5.92 Å². The van der Waals surface area contributed by atoms with Gasteiger partial charge in [-0.05, 0) is 30.9 Å². The molecule has 0 aliphatic carbocycles. The summed E-state index contributed by atoms with van der Waals surface area (Å²) < 4.78 is 5.43. The largest absolute Gasteiger partial charge is 0.452 e. The fraction of sp³-hybridized carbons (Fsp3) is 0.292. The van der Waals surface area contributed by atoms with E-state index in [1.807, 2.05) is 54.8 Å². The summed E-state index contributed by atoms with van der Waals surface area (Å²) in [4.78, 5) is 29.6. The predicted molar refractivity (Wildman–Crippen MR) is 121 cm³/mol. The molecule has 156 valence electrons. The Hall–Kier alpha value is -2.99. The van der Waals surface area contributed by atoms with Gasteiger partial charge in [-0.1, -0.05) is 68.4 Å². The maximum Gasteiger partial charge on any atom is 0.314 e. The molecule has 0 saturated carbocycles. The number of nitrogens with zero attached hydrogens (tertiary/aromatic N) is 1. The first-order valence-corrected chi connectivity index (χ1v) is 11.0. The third-order valence-electron chi connectivity index (χ3n) is 4.95. The zero-order valence-corrected chi connectivity index (χ0v) is 18.2.